The Bertz CT molecular complexity index is 1430. The molecule has 1 aliphatic rings. The average molecular weight is 647 g/mol. The maximum absolute atomic E-state index is 14.0. The monoisotopic (exact) mass is 645 g/mol. The molecule has 7 nitrogen and oxygen atoms in total. The normalized spacial score (nSPS) is 14.5. The molecule has 1 N–H and O–H groups in total. The number of sulfonamides is 1. The van der Waals surface area contributed by atoms with Gasteiger partial charge in [0.2, 0.25) is 11.8 Å². The maximum Gasteiger partial charge on any atom is 0.264 e. The number of benzene rings is 3. The third-order valence-corrected chi connectivity index (χ3v) is 9.71. The molecule has 1 saturated carbocycles. The van der Waals surface area contributed by atoms with Crippen LogP contribution >= 0.6 is 27.5 Å². The molecule has 3 aromatic carbocycles. The van der Waals surface area contributed by atoms with Crippen molar-refractivity contribution in [2.45, 2.75) is 63.1 Å². The number of hydrogen-bond acceptors (Lipinski definition) is 4. The second-order valence-corrected chi connectivity index (χ2v) is 13.3. The molecule has 1 aliphatic carbocycles. The molecule has 0 radical (unpaired) electrons. The minimum atomic E-state index is -4.10. The van der Waals surface area contributed by atoms with Gasteiger partial charge in [0.15, 0.2) is 0 Å². The molecule has 40 heavy (non-hydrogen) atoms. The van der Waals surface area contributed by atoms with Crippen LogP contribution in [0.5, 0.6) is 0 Å². The number of hydrogen-bond donors (Lipinski definition) is 1. The first-order chi connectivity index (χ1) is 19.0. The van der Waals surface area contributed by atoms with Gasteiger partial charge in [0.05, 0.1) is 10.6 Å². The van der Waals surface area contributed by atoms with E-state index in [1.54, 1.807) is 67.6 Å². The highest BCUT2D eigenvalue weighted by molar-refractivity contribution is 9.10. The van der Waals surface area contributed by atoms with Gasteiger partial charge in [-0.05, 0) is 80.8 Å². The molecule has 4 rings (SSSR count). The summed E-state index contributed by atoms with van der Waals surface area (Å²) in [5.41, 5.74) is 2.03. The molecule has 2 amide bonds. The summed E-state index contributed by atoms with van der Waals surface area (Å²) in [5.74, 6) is -0.756. The summed E-state index contributed by atoms with van der Waals surface area (Å²) in [7, 11) is -4.10. The highest BCUT2D eigenvalue weighted by atomic mass is 79.9. The number of nitrogens with zero attached hydrogens (tertiary/aromatic N) is 2. The van der Waals surface area contributed by atoms with Crippen molar-refractivity contribution in [2.75, 3.05) is 10.8 Å². The summed E-state index contributed by atoms with van der Waals surface area (Å²) in [6, 6.07) is 19.5. The van der Waals surface area contributed by atoms with Gasteiger partial charge in [-0.3, -0.25) is 13.9 Å². The summed E-state index contributed by atoms with van der Waals surface area (Å²) < 4.78 is 29.6. The van der Waals surface area contributed by atoms with Crippen molar-refractivity contribution < 1.29 is 18.0 Å². The minimum absolute atomic E-state index is 0.0742. The standard InChI is InChI=1S/C30H33BrClN3O4S/c1-21-7-17-28(18-8-21)40(38,39)35(27-15-11-24(31)12-16-27)20-29(36)34(19-23-9-13-25(32)14-10-23)22(2)30(37)33-26-5-3-4-6-26/h7-18,22,26H,3-6,19-20H2,1-2H3,(H,33,37)/t22-/m0/s1. The molecule has 0 aromatic heterocycles. The van der Waals surface area contributed by atoms with E-state index >= 15 is 0 Å². The zero-order valence-electron chi connectivity index (χ0n) is 22.5. The molecule has 0 spiro atoms. The van der Waals surface area contributed by atoms with E-state index in [1.165, 1.54) is 17.0 Å². The number of nitrogens with one attached hydrogen (secondary N) is 1. The van der Waals surface area contributed by atoms with E-state index in [2.05, 4.69) is 21.2 Å². The summed E-state index contributed by atoms with van der Waals surface area (Å²) in [4.78, 5) is 28.8. The van der Waals surface area contributed by atoms with Gasteiger partial charge in [0, 0.05) is 22.1 Å². The fourth-order valence-electron chi connectivity index (χ4n) is 4.73. The van der Waals surface area contributed by atoms with Gasteiger partial charge in [-0.15, -0.1) is 0 Å². The van der Waals surface area contributed by atoms with Gasteiger partial charge in [-0.1, -0.05) is 70.2 Å². The van der Waals surface area contributed by atoms with Crippen molar-refractivity contribution in [3.8, 4) is 0 Å². The first kappa shape index (κ1) is 30.1. The van der Waals surface area contributed by atoms with Crippen LogP contribution < -0.4 is 9.62 Å². The van der Waals surface area contributed by atoms with E-state index < -0.39 is 28.5 Å². The topological polar surface area (TPSA) is 86.8 Å². The van der Waals surface area contributed by atoms with E-state index in [-0.39, 0.29) is 23.4 Å². The first-order valence-electron chi connectivity index (χ1n) is 13.2. The second-order valence-electron chi connectivity index (χ2n) is 10.1. The number of anilines is 1. The molecule has 1 fully saturated rings. The van der Waals surface area contributed by atoms with Crippen LogP contribution in [0.25, 0.3) is 0 Å². The van der Waals surface area contributed by atoms with Crippen molar-refractivity contribution in [3.63, 3.8) is 0 Å². The minimum Gasteiger partial charge on any atom is -0.352 e. The van der Waals surface area contributed by atoms with Crippen LogP contribution in [-0.2, 0) is 26.2 Å². The predicted octanol–water partition coefficient (Wildman–Crippen LogP) is 6.08. The third kappa shape index (κ3) is 7.44. The Kier molecular flexibility index (Phi) is 9.92. The van der Waals surface area contributed by atoms with E-state index in [9.17, 15) is 18.0 Å². The lowest BCUT2D eigenvalue weighted by Gasteiger charge is -2.32. The molecule has 0 saturated heterocycles. The highest BCUT2D eigenvalue weighted by Gasteiger charge is 2.33. The Hall–Kier alpha value is -2.88. The lowest BCUT2D eigenvalue weighted by Crippen LogP contribution is -2.52. The van der Waals surface area contributed by atoms with Gasteiger partial charge in [-0.2, -0.15) is 0 Å². The molecule has 1 atom stereocenters. The molecule has 0 aliphatic heterocycles. The number of halogens is 2. The first-order valence-corrected chi connectivity index (χ1v) is 15.8. The molecular formula is C30H33BrClN3O4S. The van der Waals surface area contributed by atoms with Crippen LogP contribution in [-0.4, -0.2) is 43.8 Å². The van der Waals surface area contributed by atoms with Crippen LogP contribution in [0.15, 0.2) is 82.2 Å². The zero-order chi connectivity index (χ0) is 28.9. The van der Waals surface area contributed by atoms with Crippen LogP contribution in [0.2, 0.25) is 5.02 Å². The zero-order valence-corrected chi connectivity index (χ0v) is 25.7. The van der Waals surface area contributed by atoms with E-state index in [4.69, 9.17) is 11.6 Å². The van der Waals surface area contributed by atoms with Gasteiger partial charge in [0.1, 0.15) is 12.6 Å². The quantitative estimate of drug-likeness (QED) is 0.289. The fraction of sp³-hybridized carbons (Fsp3) is 0.333. The van der Waals surface area contributed by atoms with Crippen molar-refractivity contribution in [1.29, 1.82) is 0 Å². The molecule has 10 heteroatoms. The maximum atomic E-state index is 14.0. The Morgan fingerprint density at radius 3 is 2.17 bits per heavy atom. The average Bonchev–Trinajstić information content (AvgIpc) is 3.44. The molecule has 212 valence electrons. The van der Waals surface area contributed by atoms with Crippen molar-refractivity contribution in [1.82, 2.24) is 10.2 Å². The number of rotatable bonds is 10. The van der Waals surface area contributed by atoms with Gasteiger partial charge in [0.25, 0.3) is 10.0 Å². The summed E-state index contributed by atoms with van der Waals surface area (Å²) in [6.45, 7) is 3.19. The smallest absolute Gasteiger partial charge is 0.264 e. The van der Waals surface area contributed by atoms with Crippen molar-refractivity contribution in [3.05, 3.63) is 93.4 Å². The number of carbonyl (C=O) groups is 2. The van der Waals surface area contributed by atoms with Crippen LogP contribution in [0, 0.1) is 6.92 Å². The van der Waals surface area contributed by atoms with E-state index in [1.807, 2.05) is 6.92 Å². The SMILES string of the molecule is Cc1ccc(S(=O)(=O)N(CC(=O)N(Cc2ccc(Cl)cc2)[C@@H](C)C(=O)NC2CCCC2)c2ccc(Br)cc2)cc1. The van der Waals surface area contributed by atoms with Gasteiger partial charge in [-0.25, -0.2) is 8.42 Å². The summed E-state index contributed by atoms with van der Waals surface area (Å²) in [6.07, 6.45) is 3.95. The van der Waals surface area contributed by atoms with Crippen molar-refractivity contribution in [2.24, 2.45) is 0 Å². The van der Waals surface area contributed by atoms with E-state index in [0.717, 1.165) is 45.6 Å². The number of carbonyl (C=O) groups excluding carboxylic acids is 2. The number of amides is 2. The Morgan fingerprint density at radius 1 is 0.975 bits per heavy atom. The second kappa shape index (κ2) is 13.2. The lowest BCUT2D eigenvalue weighted by molar-refractivity contribution is -0.139. The largest absolute Gasteiger partial charge is 0.352 e. The molecule has 3 aromatic rings. The van der Waals surface area contributed by atoms with E-state index in [0.29, 0.717) is 10.7 Å². The van der Waals surface area contributed by atoms with Crippen molar-refractivity contribution >= 4 is 55.1 Å². The number of aryl methyl sites for hydroxylation is 1. The Labute approximate surface area is 249 Å². The van der Waals surface area contributed by atoms with Gasteiger partial charge >= 0.3 is 0 Å². The Morgan fingerprint density at radius 2 is 1.57 bits per heavy atom. The molecule has 0 unspecified atom stereocenters. The summed E-state index contributed by atoms with van der Waals surface area (Å²) >= 11 is 9.45. The highest BCUT2D eigenvalue weighted by Crippen LogP contribution is 2.27. The van der Waals surface area contributed by atoms with Crippen LogP contribution in [0.1, 0.15) is 43.7 Å². The lowest BCUT2D eigenvalue weighted by atomic mass is 10.1. The summed E-state index contributed by atoms with van der Waals surface area (Å²) in [5, 5.41) is 3.63. The van der Waals surface area contributed by atoms with Gasteiger partial charge < -0.3 is 10.2 Å². The molecular weight excluding hydrogens is 614 g/mol. The Balaban J connectivity index is 1.67. The third-order valence-electron chi connectivity index (χ3n) is 7.14. The fourth-order valence-corrected chi connectivity index (χ4v) is 6.54. The molecule has 0 heterocycles. The van der Waals surface area contributed by atoms with Crippen LogP contribution in [0.4, 0.5) is 5.69 Å². The molecule has 0 bridgehead atoms. The predicted molar refractivity (Wildman–Crippen MR) is 162 cm³/mol. The van der Waals surface area contributed by atoms with Crippen LogP contribution in [0.3, 0.4) is 0 Å².